The molecule has 0 bridgehead atoms. The van der Waals surface area contributed by atoms with Crippen LogP contribution in [-0.2, 0) is 16.6 Å². The average molecular weight is 239 g/mol. The van der Waals surface area contributed by atoms with Crippen LogP contribution in [0.3, 0.4) is 0 Å². The van der Waals surface area contributed by atoms with Gasteiger partial charge in [0.1, 0.15) is 0 Å². The van der Waals surface area contributed by atoms with Crippen LogP contribution in [0.15, 0.2) is 30.3 Å². The fourth-order valence-corrected chi connectivity index (χ4v) is 2.76. The van der Waals surface area contributed by atoms with E-state index in [1.165, 1.54) is 12.8 Å². The van der Waals surface area contributed by atoms with Crippen molar-refractivity contribution in [3.05, 3.63) is 35.9 Å². The van der Waals surface area contributed by atoms with Gasteiger partial charge in [-0.3, -0.25) is 0 Å². The van der Waals surface area contributed by atoms with E-state index in [-0.39, 0.29) is 5.75 Å². The molecule has 1 N–H and O–H groups in total. The third kappa shape index (κ3) is 3.94. The van der Waals surface area contributed by atoms with Crippen molar-refractivity contribution < 1.29 is 8.42 Å². The molecule has 88 valence electrons. The molecule has 0 spiro atoms. The second-order valence-electron chi connectivity index (χ2n) is 4.36. The fraction of sp³-hybridized carbons (Fsp3) is 0.500. The Morgan fingerprint density at radius 1 is 1.19 bits per heavy atom. The van der Waals surface area contributed by atoms with Gasteiger partial charge in [-0.2, -0.15) is 0 Å². The Kier molecular flexibility index (Phi) is 3.61. The second-order valence-corrected chi connectivity index (χ2v) is 6.28. The third-order valence-corrected chi connectivity index (χ3v) is 4.19. The molecule has 0 aromatic heterocycles. The van der Waals surface area contributed by atoms with Gasteiger partial charge in [-0.1, -0.05) is 43.2 Å². The maximum atomic E-state index is 11.6. The summed E-state index contributed by atoms with van der Waals surface area (Å²) in [4.78, 5) is 0. The Hall–Kier alpha value is -0.870. The van der Waals surface area contributed by atoms with Crippen LogP contribution in [0.25, 0.3) is 0 Å². The minimum absolute atomic E-state index is 0.268. The van der Waals surface area contributed by atoms with E-state index in [4.69, 9.17) is 0 Å². The summed E-state index contributed by atoms with van der Waals surface area (Å²) in [5, 5.41) is 0. The molecule has 0 aliphatic heterocycles. The maximum Gasteiger partial charge on any atom is 0.211 e. The predicted octanol–water partition coefficient (Wildman–Crippen LogP) is 1.91. The first-order valence-corrected chi connectivity index (χ1v) is 7.32. The highest BCUT2D eigenvalue weighted by atomic mass is 32.2. The lowest BCUT2D eigenvalue weighted by Crippen LogP contribution is -2.26. The van der Waals surface area contributed by atoms with E-state index in [1.54, 1.807) is 0 Å². The van der Waals surface area contributed by atoms with Crippen molar-refractivity contribution in [3.63, 3.8) is 0 Å². The summed E-state index contributed by atoms with van der Waals surface area (Å²) in [7, 11) is -3.08. The monoisotopic (exact) mass is 239 g/mol. The molecule has 0 atom stereocenters. The van der Waals surface area contributed by atoms with Crippen LogP contribution in [-0.4, -0.2) is 14.2 Å². The molecular weight excluding hydrogens is 222 g/mol. The Morgan fingerprint density at radius 2 is 1.88 bits per heavy atom. The van der Waals surface area contributed by atoms with Gasteiger partial charge < -0.3 is 0 Å². The first kappa shape index (κ1) is 11.6. The Labute approximate surface area is 96.9 Å². The van der Waals surface area contributed by atoms with Gasteiger partial charge in [0.15, 0.2) is 0 Å². The zero-order valence-corrected chi connectivity index (χ0v) is 10.0. The highest BCUT2D eigenvalue weighted by Gasteiger charge is 2.23. The lowest BCUT2D eigenvalue weighted by Gasteiger charge is -2.06. The van der Waals surface area contributed by atoms with Crippen molar-refractivity contribution in [1.82, 2.24) is 4.72 Å². The van der Waals surface area contributed by atoms with E-state index in [1.807, 2.05) is 30.3 Å². The van der Waals surface area contributed by atoms with Gasteiger partial charge in [0.25, 0.3) is 0 Å². The summed E-state index contributed by atoms with van der Waals surface area (Å²) in [5.41, 5.74) is 0.998. The van der Waals surface area contributed by atoms with Gasteiger partial charge in [-0.05, 0) is 17.9 Å². The molecule has 1 saturated carbocycles. The lowest BCUT2D eigenvalue weighted by molar-refractivity contribution is 0.575. The quantitative estimate of drug-likeness (QED) is 0.824. The van der Waals surface area contributed by atoms with Crippen molar-refractivity contribution in [2.24, 2.45) is 5.92 Å². The standard InChI is InChI=1S/C12H17NO2S/c14-16(15,9-8-11-6-7-11)13-10-12-4-2-1-3-5-12/h1-5,11,13H,6-10H2. The molecule has 4 heteroatoms. The first-order chi connectivity index (χ1) is 7.66. The highest BCUT2D eigenvalue weighted by Crippen LogP contribution is 2.32. The first-order valence-electron chi connectivity index (χ1n) is 5.67. The summed E-state index contributed by atoms with van der Waals surface area (Å²) in [6.45, 7) is 0.397. The number of hydrogen-bond acceptors (Lipinski definition) is 2. The van der Waals surface area contributed by atoms with Crippen LogP contribution in [0.5, 0.6) is 0 Å². The fourth-order valence-electron chi connectivity index (χ4n) is 1.59. The minimum Gasteiger partial charge on any atom is -0.212 e. The molecule has 16 heavy (non-hydrogen) atoms. The average Bonchev–Trinajstić information content (AvgIpc) is 3.09. The second kappa shape index (κ2) is 4.97. The summed E-state index contributed by atoms with van der Waals surface area (Å²) in [6.07, 6.45) is 3.21. The van der Waals surface area contributed by atoms with Crippen molar-refractivity contribution >= 4 is 10.0 Å². The van der Waals surface area contributed by atoms with Crippen LogP contribution in [0, 0.1) is 5.92 Å². The topological polar surface area (TPSA) is 46.2 Å². The van der Waals surface area contributed by atoms with Crippen molar-refractivity contribution in [2.45, 2.75) is 25.8 Å². The molecule has 1 fully saturated rings. The van der Waals surface area contributed by atoms with Gasteiger partial charge in [0, 0.05) is 6.54 Å². The van der Waals surface area contributed by atoms with Crippen molar-refractivity contribution in [2.75, 3.05) is 5.75 Å². The maximum absolute atomic E-state index is 11.6. The van der Waals surface area contributed by atoms with Crippen molar-refractivity contribution in [3.8, 4) is 0 Å². The highest BCUT2D eigenvalue weighted by molar-refractivity contribution is 7.89. The van der Waals surface area contributed by atoms with Crippen LogP contribution in [0.2, 0.25) is 0 Å². The molecule has 2 rings (SSSR count). The normalized spacial score (nSPS) is 16.2. The molecule has 1 aromatic carbocycles. The van der Waals surface area contributed by atoms with E-state index in [9.17, 15) is 8.42 Å². The Balaban J connectivity index is 1.79. The number of sulfonamides is 1. The number of rotatable bonds is 6. The number of nitrogens with one attached hydrogen (secondary N) is 1. The SMILES string of the molecule is O=S(=O)(CCC1CC1)NCc1ccccc1. The number of hydrogen-bond donors (Lipinski definition) is 1. The van der Waals surface area contributed by atoms with E-state index in [0.717, 1.165) is 12.0 Å². The molecule has 3 nitrogen and oxygen atoms in total. The van der Waals surface area contributed by atoms with E-state index >= 15 is 0 Å². The Morgan fingerprint density at radius 3 is 2.50 bits per heavy atom. The van der Waals surface area contributed by atoms with Gasteiger partial charge in [0.2, 0.25) is 10.0 Å². The zero-order chi connectivity index (χ0) is 11.4. The lowest BCUT2D eigenvalue weighted by atomic mass is 10.2. The molecule has 0 unspecified atom stereocenters. The molecule has 0 radical (unpaired) electrons. The molecule has 1 aromatic rings. The molecular formula is C12H17NO2S. The molecule has 0 amide bonds. The smallest absolute Gasteiger partial charge is 0.211 e. The van der Waals surface area contributed by atoms with Gasteiger partial charge in [-0.25, -0.2) is 13.1 Å². The zero-order valence-electron chi connectivity index (χ0n) is 9.22. The van der Waals surface area contributed by atoms with Crippen LogP contribution in [0.4, 0.5) is 0 Å². The van der Waals surface area contributed by atoms with Gasteiger partial charge >= 0.3 is 0 Å². The molecule has 0 heterocycles. The predicted molar refractivity (Wildman–Crippen MR) is 64.4 cm³/mol. The van der Waals surface area contributed by atoms with Crippen LogP contribution >= 0.6 is 0 Å². The van der Waals surface area contributed by atoms with Gasteiger partial charge in [-0.15, -0.1) is 0 Å². The van der Waals surface area contributed by atoms with Crippen LogP contribution in [0.1, 0.15) is 24.8 Å². The van der Waals surface area contributed by atoms with Gasteiger partial charge in [0.05, 0.1) is 5.75 Å². The van der Waals surface area contributed by atoms with E-state index < -0.39 is 10.0 Å². The molecule has 1 aliphatic carbocycles. The minimum atomic E-state index is -3.08. The summed E-state index contributed by atoms with van der Waals surface area (Å²) in [6, 6.07) is 9.58. The summed E-state index contributed by atoms with van der Waals surface area (Å²) in [5.74, 6) is 0.929. The van der Waals surface area contributed by atoms with E-state index in [2.05, 4.69) is 4.72 Å². The van der Waals surface area contributed by atoms with Crippen molar-refractivity contribution in [1.29, 1.82) is 0 Å². The third-order valence-electron chi connectivity index (χ3n) is 2.83. The largest absolute Gasteiger partial charge is 0.212 e. The van der Waals surface area contributed by atoms with Crippen LogP contribution < -0.4 is 4.72 Å². The molecule has 1 aliphatic rings. The summed E-state index contributed by atoms with van der Waals surface area (Å²) < 4.78 is 25.9. The molecule has 0 saturated heterocycles. The number of benzene rings is 1. The summed E-state index contributed by atoms with van der Waals surface area (Å²) >= 11 is 0. The Bertz CT molecular complexity index is 424. The van der Waals surface area contributed by atoms with E-state index in [0.29, 0.717) is 12.5 Å².